The molecule has 25 rings (SSSR count). The van der Waals surface area contributed by atoms with Crippen LogP contribution in [0.1, 0.15) is 0 Å². The first-order valence-corrected chi connectivity index (χ1v) is 36.5. The van der Waals surface area contributed by atoms with Crippen molar-refractivity contribution in [2.75, 3.05) is 9.80 Å². The second-order valence-corrected chi connectivity index (χ2v) is 29.0. The van der Waals surface area contributed by atoms with Crippen LogP contribution in [0, 0.1) is 0 Å². The van der Waals surface area contributed by atoms with E-state index < -0.39 is 0 Å². The van der Waals surface area contributed by atoms with Gasteiger partial charge in [-0.15, -0.1) is 0 Å². The fraction of sp³-hybridized carbons (Fsp3) is 0. The molecule has 105 heavy (non-hydrogen) atoms. The highest BCUT2D eigenvalue weighted by Crippen LogP contribution is 2.52. The van der Waals surface area contributed by atoms with E-state index in [4.69, 9.17) is 4.74 Å². The summed E-state index contributed by atoms with van der Waals surface area (Å²) < 4.78 is 16.8. The summed E-state index contributed by atoms with van der Waals surface area (Å²) in [6.07, 6.45) is 0. The molecule has 0 N–H and O–H groups in total. The second-order valence-electron chi connectivity index (χ2n) is 29.0. The molecule has 0 fully saturated rings. The van der Waals surface area contributed by atoms with Crippen LogP contribution in [0.5, 0.6) is 11.5 Å². The van der Waals surface area contributed by atoms with Crippen molar-refractivity contribution in [3.63, 3.8) is 0 Å². The Morgan fingerprint density at radius 2 is 0.629 bits per heavy atom. The molecule has 0 amide bonds. The van der Waals surface area contributed by atoms with Crippen molar-refractivity contribution in [2.45, 2.75) is 0 Å². The minimum absolute atomic E-state index is 0.0667. The second kappa shape index (κ2) is 20.5. The Morgan fingerprint density at radius 3 is 1.14 bits per heavy atom. The van der Waals surface area contributed by atoms with E-state index in [1.54, 1.807) is 0 Å². The number of hydrogen-bond donors (Lipinski definition) is 0. The first kappa shape index (κ1) is 56.0. The summed E-state index contributed by atoms with van der Waals surface area (Å²) in [6, 6.07) is 127. The van der Waals surface area contributed by atoms with E-state index in [9.17, 15) is 0 Å². The fourth-order valence-corrected chi connectivity index (χ4v) is 19.7. The zero-order valence-corrected chi connectivity index (χ0v) is 56.6. The molecule has 0 saturated carbocycles. The minimum Gasteiger partial charge on any atom is -0.453 e. The summed E-state index contributed by atoms with van der Waals surface area (Å²) in [5, 5.41) is 10.2. The Labute approximate surface area is 603 Å². The van der Waals surface area contributed by atoms with E-state index in [0.717, 1.165) is 67.9 Å². The highest BCUT2D eigenvalue weighted by molar-refractivity contribution is 7.01. The summed E-state index contributed by atoms with van der Waals surface area (Å²) in [6.45, 7) is -0.0413. The molecule has 4 aromatic heterocycles. The van der Waals surface area contributed by atoms with Crippen LogP contribution in [-0.4, -0.2) is 31.7 Å². The third-order valence-electron chi connectivity index (χ3n) is 23.9. The van der Waals surface area contributed by atoms with Crippen molar-refractivity contribution in [3.05, 3.63) is 340 Å². The molecule has 16 aromatic carbocycles. The van der Waals surface area contributed by atoms with Gasteiger partial charge in [-0.25, -0.2) is 0 Å². The largest absolute Gasteiger partial charge is 0.453 e. The first-order valence-electron chi connectivity index (χ1n) is 36.5. The lowest BCUT2D eigenvalue weighted by Crippen LogP contribution is -2.60. The molecular weight excluding hydrogens is 1270 g/mol. The number of aromatic nitrogens is 4. The Balaban J connectivity index is 0.664. The molecule has 0 atom stereocenters. The van der Waals surface area contributed by atoms with Crippen molar-refractivity contribution in [1.82, 2.24) is 18.3 Å². The molecule has 9 heteroatoms. The van der Waals surface area contributed by atoms with Crippen LogP contribution in [0.4, 0.5) is 34.1 Å². The quantitative estimate of drug-likeness (QED) is 0.149. The lowest BCUT2D eigenvalue weighted by Gasteiger charge is -2.35. The number of rotatable bonds is 7. The van der Waals surface area contributed by atoms with Crippen LogP contribution in [0.2, 0.25) is 0 Å². The third-order valence-corrected chi connectivity index (χ3v) is 23.9. The van der Waals surface area contributed by atoms with Crippen molar-refractivity contribution in [1.29, 1.82) is 0 Å². The molecule has 5 aliphatic rings. The van der Waals surface area contributed by atoms with Gasteiger partial charge in [0, 0.05) is 111 Å². The smallest absolute Gasteiger partial charge is 0.253 e. The minimum atomic E-state index is -0.108. The number of ether oxygens (including phenoxy) is 1. The number of anilines is 6. The molecule has 0 saturated heterocycles. The van der Waals surface area contributed by atoms with Gasteiger partial charge < -0.3 is 32.8 Å². The third kappa shape index (κ3) is 7.35. The van der Waals surface area contributed by atoms with Gasteiger partial charge in [0.1, 0.15) is 0 Å². The van der Waals surface area contributed by atoms with Gasteiger partial charge in [-0.1, -0.05) is 218 Å². The number of fused-ring (bicyclic) bond motifs is 22. The van der Waals surface area contributed by atoms with Crippen LogP contribution in [0.25, 0.3) is 143 Å². The van der Waals surface area contributed by atoms with Gasteiger partial charge in [0.2, 0.25) is 0 Å². The molecule has 0 radical (unpaired) electrons. The van der Waals surface area contributed by atoms with Crippen molar-refractivity contribution in [3.8, 4) is 67.6 Å². The number of benzene rings is 16. The Kier molecular flexibility index (Phi) is 10.9. The van der Waals surface area contributed by atoms with E-state index in [0.29, 0.717) is 0 Å². The molecule has 0 aliphatic carbocycles. The summed E-state index contributed by atoms with van der Waals surface area (Å²) in [7, 11) is 0. The van der Waals surface area contributed by atoms with Crippen LogP contribution in [-0.2, 0) is 0 Å². The molecule has 0 bridgehead atoms. The standard InChI is InChI=1S/C96H56B2N6O/c1-2-21-62(22-3-1)99(63-46-42-57(43-47-63)60-53-84-91-85(54-60)102-79-35-9-5-25-68(79)72-29-18-32-76(94(72)102)97(91)75-31-17-28-71-67-24-4-8-34-78(67)101(84)93(71)75)65-23-16-20-59(52-65)66-50-51-74-70-27-7-11-37-81(70)104-87-56-61(58-44-48-64(49-45-58)100-82-38-12-14-40-88(82)105-89-41-15-13-39-83(89)100)55-86-92(87)98(90(66)96(74)104)77-33-19-30-73-69-26-6-10-36-80(69)103(86)95(73)77/h1-56H. The Bertz CT molecular complexity index is 7090. The van der Waals surface area contributed by atoms with Gasteiger partial charge in [0.15, 0.2) is 11.5 Å². The van der Waals surface area contributed by atoms with E-state index in [-0.39, 0.29) is 13.4 Å². The average Bonchev–Trinajstić information content (AvgIpc) is 1.57. The van der Waals surface area contributed by atoms with Gasteiger partial charge >= 0.3 is 0 Å². The predicted molar refractivity (Wildman–Crippen MR) is 439 cm³/mol. The maximum Gasteiger partial charge on any atom is 0.253 e. The molecule has 5 aliphatic heterocycles. The molecule has 7 nitrogen and oxygen atoms in total. The highest BCUT2D eigenvalue weighted by Gasteiger charge is 2.44. The Hall–Kier alpha value is -13.8. The summed E-state index contributed by atoms with van der Waals surface area (Å²) >= 11 is 0. The topological polar surface area (TPSA) is 35.4 Å². The maximum absolute atomic E-state index is 6.46. The monoisotopic (exact) mass is 1330 g/mol. The number of para-hydroxylation sites is 12. The van der Waals surface area contributed by atoms with Gasteiger partial charge in [-0.05, 0) is 187 Å². The SMILES string of the molecule is c1ccc(N(c2ccc(-c3cc4c5c(c3)-n3c6ccccc6c6cccc(c63)B5c3cccc5c6ccccc6n-4c35)cc2)c2cccc(-c3ccc4c5ccccc5n5c4c3B3c4c(cc(-c6ccc(N7c8ccccc8Oc8ccccc87)cc6)cc4-5)-n4c5ccccc5c5cccc3c54)c2)cc1. The van der Waals surface area contributed by atoms with E-state index in [1.807, 2.05) is 12.1 Å². The van der Waals surface area contributed by atoms with Gasteiger partial charge in [-0.3, -0.25) is 0 Å². The zero-order chi connectivity index (χ0) is 68.0. The summed E-state index contributed by atoms with van der Waals surface area (Å²) in [5.74, 6) is 1.68. The van der Waals surface area contributed by atoms with Gasteiger partial charge in [0.05, 0.1) is 33.4 Å². The summed E-state index contributed by atoms with van der Waals surface area (Å²) in [5.41, 5.74) is 36.2. The highest BCUT2D eigenvalue weighted by atomic mass is 16.5. The molecule has 0 unspecified atom stereocenters. The fourth-order valence-electron chi connectivity index (χ4n) is 19.7. The van der Waals surface area contributed by atoms with Gasteiger partial charge in [-0.2, -0.15) is 0 Å². The molecular formula is C96H56B2N6O. The van der Waals surface area contributed by atoms with Crippen molar-refractivity contribution >= 4 is 168 Å². The first-order chi connectivity index (χ1) is 52.1. The molecule has 482 valence electrons. The lowest BCUT2D eigenvalue weighted by molar-refractivity contribution is 0.477. The summed E-state index contributed by atoms with van der Waals surface area (Å²) in [4.78, 5) is 4.76. The van der Waals surface area contributed by atoms with Gasteiger partial charge in [0.25, 0.3) is 13.4 Å². The van der Waals surface area contributed by atoms with Crippen LogP contribution >= 0.6 is 0 Å². The average molecular weight is 1330 g/mol. The van der Waals surface area contributed by atoms with Crippen molar-refractivity contribution < 1.29 is 4.74 Å². The molecule has 9 heterocycles. The van der Waals surface area contributed by atoms with E-state index >= 15 is 0 Å². The van der Waals surface area contributed by atoms with Crippen molar-refractivity contribution in [2.24, 2.45) is 0 Å². The normalized spacial score (nSPS) is 13.2. The number of hydrogen-bond acceptors (Lipinski definition) is 3. The van der Waals surface area contributed by atoms with E-state index in [2.05, 4.69) is 356 Å². The Morgan fingerprint density at radius 1 is 0.238 bits per heavy atom. The molecule has 0 spiro atoms. The lowest BCUT2D eigenvalue weighted by atomic mass is 9.33. The van der Waals surface area contributed by atoms with Crippen LogP contribution in [0.3, 0.4) is 0 Å². The zero-order valence-electron chi connectivity index (χ0n) is 56.6. The maximum atomic E-state index is 6.46. The van der Waals surface area contributed by atoms with Crippen LogP contribution in [0.15, 0.2) is 340 Å². The predicted octanol–water partition coefficient (Wildman–Crippen LogP) is 20.4. The number of nitrogens with zero attached hydrogens (tertiary/aromatic N) is 6. The van der Waals surface area contributed by atoms with E-state index in [1.165, 1.54) is 154 Å². The molecule has 20 aromatic rings. The van der Waals surface area contributed by atoms with Crippen LogP contribution < -0.4 is 47.3 Å².